The first-order chi connectivity index (χ1) is 10.4. The quantitative estimate of drug-likeness (QED) is 0.832. The lowest BCUT2D eigenvalue weighted by Gasteiger charge is -2.11. The second-order valence-electron chi connectivity index (χ2n) is 4.78. The summed E-state index contributed by atoms with van der Waals surface area (Å²) in [5.41, 5.74) is -0.376. The number of nitrogens with zero attached hydrogens (tertiary/aromatic N) is 3. The maximum Gasteiger partial charge on any atom is 0.435 e. The van der Waals surface area contributed by atoms with Crippen molar-refractivity contribution in [2.24, 2.45) is 0 Å². The Morgan fingerprint density at radius 3 is 2.50 bits per heavy atom. The summed E-state index contributed by atoms with van der Waals surface area (Å²) < 4.78 is 44.9. The summed E-state index contributed by atoms with van der Waals surface area (Å²) in [7, 11) is 0. The summed E-state index contributed by atoms with van der Waals surface area (Å²) in [4.78, 5) is 0. The van der Waals surface area contributed by atoms with E-state index in [1.165, 1.54) is 0 Å². The zero-order chi connectivity index (χ0) is 16.2. The van der Waals surface area contributed by atoms with Crippen LogP contribution in [0.3, 0.4) is 0 Å². The molecule has 0 aliphatic carbocycles. The van der Waals surface area contributed by atoms with Gasteiger partial charge in [0, 0.05) is 13.0 Å². The maximum atomic E-state index is 12.9. The Morgan fingerprint density at radius 1 is 1.23 bits per heavy atom. The van der Waals surface area contributed by atoms with Crippen LogP contribution in [-0.4, -0.2) is 26.7 Å². The van der Waals surface area contributed by atoms with E-state index in [2.05, 4.69) is 10.3 Å². The molecule has 1 aromatic heterocycles. The van der Waals surface area contributed by atoms with Crippen molar-refractivity contribution < 1.29 is 23.0 Å². The first kappa shape index (κ1) is 16.3. The predicted molar refractivity (Wildman–Crippen MR) is 72.2 cm³/mol. The predicted octanol–water partition coefficient (Wildman–Crippen LogP) is 2.57. The summed E-state index contributed by atoms with van der Waals surface area (Å²) in [5, 5.41) is 15.7. The van der Waals surface area contributed by atoms with Crippen molar-refractivity contribution in [1.29, 1.82) is 0 Å². The van der Waals surface area contributed by atoms with E-state index >= 15 is 0 Å². The number of rotatable bonds is 6. The van der Waals surface area contributed by atoms with Gasteiger partial charge >= 0.3 is 6.18 Å². The molecule has 0 amide bonds. The lowest BCUT2D eigenvalue weighted by Crippen LogP contribution is -2.17. The van der Waals surface area contributed by atoms with Gasteiger partial charge in [0.25, 0.3) is 0 Å². The fourth-order valence-corrected chi connectivity index (χ4v) is 1.96. The molecule has 1 N–H and O–H groups in total. The number of ether oxygens (including phenoxy) is 1. The number of hydrogen-bond donors (Lipinski definition) is 1. The minimum Gasteiger partial charge on any atom is -0.494 e. The molecule has 0 aliphatic heterocycles. The van der Waals surface area contributed by atoms with Gasteiger partial charge in [-0.1, -0.05) is 22.9 Å². The number of aliphatic hydroxyl groups is 1. The zero-order valence-corrected chi connectivity index (χ0v) is 12.0. The highest BCUT2D eigenvalue weighted by Crippen LogP contribution is 2.31. The van der Waals surface area contributed by atoms with Crippen LogP contribution in [0, 0.1) is 6.92 Å². The monoisotopic (exact) mass is 315 g/mol. The fourth-order valence-electron chi connectivity index (χ4n) is 1.96. The summed E-state index contributed by atoms with van der Waals surface area (Å²) in [6.07, 6.45) is -4.26. The van der Waals surface area contributed by atoms with E-state index in [9.17, 15) is 13.2 Å². The van der Waals surface area contributed by atoms with Crippen molar-refractivity contribution in [2.45, 2.75) is 32.7 Å². The molecule has 0 radical (unpaired) electrons. The molecule has 0 atom stereocenters. The molecule has 0 unspecified atom stereocenters. The number of aromatic nitrogens is 3. The molecule has 0 fully saturated rings. The molecule has 8 heteroatoms. The van der Waals surface area contributed by atoms with Crippen LogP contribution in [-0.2, 0) is 19.3 Å². The van der Waals surface area contributed by atoms with Gasteiger partial charge in [0.1, 0.15) is 11.4 Å². The number of aliphatic hydroxyl groups excluding tert-OH is 1. The number of halogens is 3. The Hall–Kier alpha value is -2.09. The van der Waals surface area contributed by atoms with Gasteiger partial charge in [-0.3, -0.25) is 0 Å². The van der Waals surface area contributed by atoms with Crippen molar-refractivity contribution in [1.82, 2.24) is 15.0 Å². The van der Waals surface area contributed by atoms with Gasteiger partial charge in [-0.2, -0.15) is 13.2 Å². The summed E-state index contributed by atoms with van der Waals surface area (Å²) >= 11 is 0. The molecule has 2 aromatic rings. The van der Waals surface area contributed by atoms with E-state index in [0.717, 1.165) is 10.2 Å². The molecule has 1 aromatic carbocycles. The van der Waals surface area contributed by atoms with Crippen LogP contribution < -0.4 is 4.74 Å². The third kappa shape index (κ3) is 3.97. The van der Waals surface area contributed by atoms with Crippen LogP contribution in [0.25, 0.3) is 0 Å². The second-order valence-corrected chi connectivity index (χ2v) is 4.78. The van der Waals surface area contributed by atoms with E-state index in [0.29, 0.717) is 12.2 Å². The minimum atomic E-state index is -4.60. The molecule has 0 spiro atoms. The molecule has 2 rings (SSSR count). The minimum absolute atomic E-state index is 0.00764. The largest absolute Gasteiger partial charge is 0.494 e. The van der Waals surface area contributed by atoms with Crippen molar-refractivity contribution in [2.75, 3.05) is 6.61 Å². The Morgan fingerprint density at radius 2 is 1.91 bits per heavy atom. The van der Waals surface area contributed by atoms with Crippen LogP contribution in [0.15, 0.2) is 24.3 Å². The van der Waals surface area contributed by atoms with Crippen LogP contribution >= 0.6 is 0 Å². The highest BCUT2D eigenvalue weighted by atomic mass is 19.4. The normalized spacial score (nSPS) is 11.7. The standard InChI is InChI=1S/C14H16F3N3O2/c1-10-3-5-11(6-4-10)22-8-2-7-20-13(14(15,16)17)12(9-21)18-19-20/h3-6,21H,2,7-9H2,1H3. The van der Waals surface area contributed by atoms with Crippen LogP contribution in [0.5, 0.6) is 5.75 Å². The summed E-state index contributed by atoms with van der Waals surface area (Å²) in [6, 6.07) is 7.38. The Kier molecular flexibility index (Phi) is 5.02. The summed E-state index contributed by atoms with van der Waals surface area (Å²) in [6.45, 7) is 1.42. The van der Waals surface area contributed by atoms with Gasteiger partial charge in [0.15, 0.2) is 5.69 Å². The molecular weight excluding hydrogens is 299 g/mol. The number of benzene rings is 1. The molecule has 0 saturated carbocycles. The van der Waals surface area contributed by atoms with E-state index in [1.807, 2.05) is 19.1 Å². The molecule has 0 bridgehead atoms. The average molecular weight is 315 g/mol. The third-order valence-electron chi connectivity index (χ3n) is 3.03. The van der Waals surface area contributed by atoms with E-state index in [-0.39, 0.29) is 13.2 Å². The van der Waals surface area contributed by atoms with Gasteiger partial charge in [0.2, 0.25) is 0 Å². The fraction of sp³-hybridized carbons (Fsp3) is 0.429. The SMILES string of the molecule is Cc1ccc(OCCCn2nnc(CO)c2C(F)(F)F)cc1. The number of aryl methyl sites for hydroxylation is 2. The third-order valence-corrected chi connectivity index (χ3v) is 3.03. The molecule has 0 saturated heterocycles. The molecule has 120 valence electrons. The van der Waals surface area contributed by atoms with Crippen LogP contribution in [0.4, 0.5) is 13.2 Å². The molecule has 0 aliphatic rings. The van der Waals surface area contributed by atoms with Gasteiger partial charge in [0.05, 0.1) is 13.2 Å². The molecular formula is C14H16F3N3O2. The van der Waals surface area contributed by atoms with E-state index in [4.69, 9.17) is 9.84 Å². The van der Waals surface area contributed by atoms with Crippen LogP contribution in [0.2, 0.25) is 0 Å². The Labute approximate surface area is 125 Å². The topological polar surface area (TPSA) is 60.2 Å². The van der Waals surface area contributed by atoms with E-state index in [1.54, 1.807) is 12.1 Å². The van der Waals surface area contributed by atoms with Crippen molar-refractivity contribution in [3.05, 3.63) is 41.2 Å². The van der Waals surface area contributed by atoms with E-state index < -0.39 is 24.2 Å². The number of hydrogen-bond acceptors (Lipinski definition) is 4. The Bertz CT molecular complexity index is 609. The van der Waals surface area contributed by atoms with Gasteiger partial charge in [-0.25, -0.2) is 4.68 Å². The zero-order valence-electron chi connectivity index (χ0n) is 12.0. The van der Waals surface area contributed by atoms with Crippen molar-refractivity contribution >= 4 is 0 Å². The molecule has 5 nitrogen and oxygen atoms in total. The van der Waals surface area contributed by atoms with Gasteiger partial charge in [-0.05, 0) is 19.1 Å². The lowest BCUT2D eigenvalue weighted by molar-refractivity contribution is -0.145. The highest BCUT2D eigenvalue weighted by molar-refractivity contribution is 5.26. The highest BCUT2D eigenvalue weighted by Gasteiger charge is 2.38. The van der Waals surface area contributed by atoms with Gasteiger partial charge < -0.3 is 9.84 Å². The Balaban J connectivity index is 1.92. The smallest absolute Gasteiger partial charge is 0.435 e. The molecule has 1 heterocycles. The lowest BCUT2D eigenvalue weighted by atomic mass is 10.2. The van der Waals surface area contributed by atoms with Crippen LogP contribution in [0.1, 0.15) is 23.4 Å². The van der Waals surface area contributed by atoms with Crippen molar-refractivity contribution in [3.8, 4) is 5.75 Å². The molecule has 22 heavy (non-hydrogen) atoms. The first-order valence-electron chi connectivity index (χ1n) is 6.71. The van der Waals surface area contributed by atoms with Gasteiger partial charge in [-0.15, -0.1) is 5.10 Å². The van der Waals surface area contributed by atoms with Crippen molar-refractivity contribution in [3.63, 3.8) is 0 Å². The second kappa shape index (κ2) is 6.78. The first-order valence-corrected chi connectivity index (χ1v) is 6.71. The number of alkyl halides is 3. The summed E-state index contributed by atoms with van der Waals surface area (Å²) in [5.74, 6) is 0.663. The average Bonchev–Trinajstić information content (AvgIpc) is 2.88. The maximum absolute atomic E-state index is 12.9.